The normalized spacial score (nSPS) is 25.9. The highest BCUT2D eigenvalue weighted by Crippen LogP contribution is 2.17. The lowest BCUT2D eigenvalue weighted by Gasteiger charge is -2.39. The fourth-order valence-corrected chi connectivity index (χ4v) is 3.07. The molecular weight excluding hydrogens is 270 g/mol. The molecule has 3 N–H and O–H groups in total. The zero-order valence-corrected chi connectivity index (χ0v) is 13.0. The van der Waals surface area contributed by atoms with E-state index in [4.69, 9.17) is 5.84 Å². The molecule has 2 saturated heterocycles. The van der Waals surface area contributed by atoms with Crippen LogP contribution >= 0.6 is 0 Å². The molecule has 7 nitrogen and oxygen atoms in total. The summed E-state index contributed by atoms with van der Waals surface area (Å²) in [7, 11) is 2.12. The van der Waals surface area contributed by atoms with E-state index in [2.05, 4.69) is 29.2 Å². The van der Waals surface area contributed by atoms with Crippen molar-refractivity contribution in [2.45, 2.75) is 25.8 Å². The molecule has 2 amide bonds. The maximum atomic E-state index is 12.3. The highest BCUT2D eigenvalue weighted by Gasteiger charge is 2.29. The monoisotopic (exact) mass is 297 g/mol. The van der Waals surface area contributed by atoms with Crippen LogP contribution in [-0.4, -0.2) is 78.9 Å². The van der Waals surface area contributed by atoms with Crippen molar-refractivity contribution < 1.29 is 9.59 Å². The molecule has 120 valence electrons. The summed E-state index contributed by atoms with van der Waals surface area (Å²) in [6.07, 6.45) is 1.40. The van der Waals surface area contributed by atoms with E-state index in [-0.39, 0.29) is 17.7 Å². The number of nitrogens with one attached hydrogen (secondary N) is 1. The quantitative estimate of drug-likeness (QED) is 0.391. The van der Waals surface area contributed by atoms with Gasteiger partial charge in [-0.1, -0.05) is 0 Å². The first-order valence-electron chi connectivity index (χ1n) is 7.72. The predicted octanol–water partition coefficient (Wildman–Crippen LogP) is -1.15. The molecule has 0 aliphatic carbocycles. The van der Waals surface area contributed by atoms with Gasteiger partial charge in [0.05, 0.1) is 6.54 Å². The van der Waals surface area contributed by atoms with Crippen molar-refractivity contribution in [3.8, 4) is 0 Å². The van der Waals surface area contributed by atoms with E-state index in [1.807, 2.05) is 4.90 Å². The Hall–Kier alpha value is -1.18. The Balaban J connectivity index is 1.76. The number of piperidine rings is 1. The zero-order chi connectivity index (χ0) is 15.4. The molecule has 0 saturated carbocycles. The molecule has 1 atom stereocenters. The number of nitrogens with zero attached hydrogens (tertiary/aromatic N) is 3. The SMILES string of the molecule is CC1CN(CC(=O)N2CCC(C(=O)NN)CC2)CCN1C. The first-order chi connectivity index (χ1) is 10.0. The lowest BCUT2D eigenvalue weighted by Crippen LogP contribution is -2.53. The Bertz CT molecular complexity index is 382. The smallest absolute Gasteiger partial charge is 0.237 e. The Morgan fingerprint density at radius 1 is 1.19 bits per heavy atom. The van der Waals surface area contributed by atoms with Gasteiger partial charge in [0.25, 0.3) is 0 Å². The van der Waals surface area contributed by atoms with Crippen LogP contribution in [-0.2, 0) is 9.59 Å². The van der Waals surface area contributed by atoms with E-state index in [0.717, 1.165) is 19.6 Å². The average molecular weight is 297 g/mol. The molecule has 1 unspecified atom stereocenters. The molecule has 0 spiro atoms. The fourth-order valence-electron chi connectivity index (χ4n) is 3.07. The summed E-state index contributed by atoms with van der Waals surface area (Å²) in [6, 6.07) is 0.491. The fraction of sp³-hybridized carbons (Fsp3) is 0.857. The van der Waals surface area contributed by atoms with Crippen LogP contribution in [0.3, 0.4) is 0 Å². The van der Waals surface area contributed by atoms with Gasteiger partial charge in [-0.15, -0.1) is 0 Å². The van der Waals surface area contributed by atoms with Gasteiger partial charge in [0.15, 0.2) is 0 Å². The van der Waals surface area contributed by atoms with Gasteiger partial charge in [-0.3, -0.25) is 19.9 Å². The van der Waals surface area contributed by atoms with Gasteiger partial charge in [0.1, 0.15) is 0 Å². The third-order valence-electron chi connectivity index (χ3n) is 4.76. The summed E-state index contributed by atoms with van der Waals surface area (Å²) in [5, 5.41) is 0. The first kappa shape index (κ1) is 16.2. The highest BCUT2D eigenvalue weighted by atomic mass is 16.2. The lowest BCUT2D eigenvalue weighted by atomic mass is 9.96. The van der Waals surface area contributed by atoms with Gasteiger partial charge in [-0.25, -0.2) is 5.84 Å². The van der Waals surface area contributed by atoms with Crippen LogP contribution in [0.15, 0.2) is 0 Å². The minimum absolute atomic E-state index is 0.0530. The number of likely N-dealkylation sites (tertiary alicyclic amines) is 1. The van der Waals surface area contributed by atoms with Crippen LogP contribution < -0.4 is 11.3 Å². The Labute approximate surface area is 126 Å². The number of hydrogen-bond donors (Lipinski definition) is 2. The maximum Gasteiger partial charge on any atom is 0.237 e. The Morgan fingerprint density at radius 2 is 1.86 bits per heavy atom. The van der Waals surface area contributed by atoms with Gasteiger partial charge in [-0.2, -0.15) is 0 Å². The van der Waals surface area contributed by atoms with Crippen LogP contribution in [0.1, 0.15) is 19.8 Å². The van der Waals surface area contributed by atoms with Gasteiger partial charge < -0.3 is 9.80 Å². The zero-order valence-electron chi connectivity index (χ0n) is 13.0. The summed E-state index contributed by atoms with van der Waals surface area (Å²) < 4.78 is 0. The Morgan fingerprint density at radius 3 is 2.43 bits per heavy atom. The number of likely N-dealkylation sites (N-methyl/N-ethyl adjacent to an activating group) is 1. The third kappa shape index (κ3) is 4.15. The van der Waals surface area contributed by atoms with Crippen LogP contribution in [0.25, 0.3) is 0 Å². The molecule has 0 bridgehead atoms. The van der Waals surface area contributed by atoms with Crippen molar-refractivity contribution in [1.82, 2.24) is 20.1 Å². The van der Waals surface area contributed by atoms with E-state index in [1.165, 1.54) is 0 Å². The number of carbonyl (C=O) groups excluding carboxylic acids is 2. The average Bonchev–Trinajstić information content (AvgIpc) is 2.50. The van der Waals surface area contributed by atoms with Crippen LogP contribution in [0, 0.1) is 5.92 Å². The molecule has 0 radical (unpaired) electrons. The molecule has 0 aromatic carbocycles. The second kappa shape index (κ2) is 7.20. The molecule has 21 heavy (non-hydrogen) atoms. The second-order valence-electron chi connectivity index (χ2n) is 6.23. The van der Waals surface area contributed by atoms with Crippen molar-refractivity contribution >= 4 is 11.8 Å². The lowest BCUT2D eigenvalue weighted by molar-refractivity contribution is -0.137. The molecule has 2 heterocycles. The van der Waals surface area contributed by atoms with E-state index >= 15 is 0 Å². The minimum atomic E-state index is -0.116. The number of nitrogens with two attached hydrogens (primary N) is 1. The Kier molecular flexibility index (Phi) is 5.55. The van der Waals surface area contributed by atoms with Crippen LogP contribution in [0.2, 0.25) is 0 Å². The van der Waals surface area contributed by atoms with Crippen molar-refractivity contribution in [3.63, 3.8) is 0 Å². The van der Waals surface area contributed by atoms with Gasteiger partial charge in [-0.05, 0) is 26.8 Å². The number of carbonyl (C=O) groups is 2. The van der Waals surface area contributed by atoms with Gasteiger partial charge >= 0.3 is 0 Å². The van der Waals surface area contributed by atoms with E-state index < -0.39 is 0 Å². The molecule has 7 heteroatoms. The summed E-state index contributed by atoms with van der Waals surface area (Å²) in [4.78, 5) is 30.2. The minimum Gasteiger partial charge on any atom is -0.342 e. The van der Waals surface area contributed by atoms with Crippen LogP contribution in [0.5, 0.6) is 0 Å². The van der Waals surface area contributed by atoms with E-state index in [9.17, 15) is 9.59 Å². The summed E-state index contributed by atoms with van der Waals surface area (Å²) in [5.41, 5.74) is 2.20. The number of piperazine rings is 1. The molecule has 2 aliphatic rings. The standard InChI is InChI=1S/C14H27N5O2/c1-11-9-18(8-7-17(11)2)10-13(20)19-5-3-12(4-6-19)14(21)16-15/h11-12H,3-10,15H2,1-2H3,(H,16,21). The topological polar surface area (TPSA) is 81.9 Å². The largest absolute Gasteiger partial charge is 0.342 e. The summed E-state index contributed by atoms with van der Waals surface area (Å²) >= 11 is 0. The van der Waals surface area contributed by atoms with Crippen molar-refractivity contribution in [2.24, 2.45) is 11.8 Å². The molecule has 0 aromatic heterocycles. The van der Waals surface area contributed by atoms with E-state index in [0.29, 0.717) is 38.5 Å². The summed E-state index contributed by atoms with van der Waals surface area (Å²) in [5.74, 6) is 5.16. The number of hydrogen-bond acceptors (Lipinski definition) is 5. The van der Waals surface area contributed by atoms with Crippen molar-refractivity contribution in [3.05, 3.63) is 0 Å². The summed E-state index contributed by atoms with van der Waals surface area (Å²) in [6.45, 7) is 6.88. The molecular formula is C14H27N5O2. The predicted molar refractivity (Wildman–Crippen MR) is 80.2 cm³/mol. The van der Waals surface area contributed by atoms with E-state index in [1.54, 1.807) is 0 Å². The molecule has 2 aliphatic heterocycles. The van der Waals surface area contributed by atoms with Gasteiger partial charge in [0.2, 0.25) is 11.8 Å². The van der Waals surface area contributed by atoms with Gasteiger partial charge in [0, 0.05) is 44.7 Å². The van der Waals surface area contributed by atoms with Crippen molar-refractivity contribution in [1.29, 1.82) is 0 Å². The number of amides is 2. The number of hydrazine groups is 1. The molecule has 0 aromatic rings. The van der Waals surface area contributed by atoms with Crippen molar-refractivity contribution in [2.75, 3.05) is 46.3 Å². The first-order valence-corrected chi connectivity index (χ1v) is 7.72. The second-order valence-corrected chi connectivity index (χ2v) is 6.23. The highest BCUT2D eigenvalue weighted by molar-refractivity contribution is 5.80. The molecule has 2 fully saturated rings. The number of rotatable bonds is 3. The maximum absolute atomic E-state index is 12.3. The third-order valence-corrected chi connectivity index (χ3v) is 4.76. The molecule has 2 rings (SSSR count). The van der Waals surface area contributed by atoms with Crippen LogP contribution in [0.4, 0.5) is 0 Å².